The van der Waals surface area contributed by atoms with Crippen LogP contribution in [0.1, 0.15) is 48.5 Å². The van der Waals surface area contributed by atoms with Crippen molar-refractivity contribution in [3.05, 3.63) is 3.95 Å². The van der Waals surface area contributed by atoms with E-state index in [1.165, 1.54) is 6.92 Å². The van der Waals surface area contributed by atoms with Gasteiger partial charge in [-0.05, 0) is 72.2 Å². The highest BCUT2D eigenvalue weighted by atomic mass is 32.2. The van der Waals surface area contributed by atoms with Gasteiger partial charge in [-0.1, -0.05) is 0 Å². The van der Waals surface area contributed by atoms with Crippen molar-refractivity contribution in [3.8, 4) is 0 Å². The van der Waals surface area contributed by atoms with Crippen molar-refractivity contribution < 1.29 is 23.9 Å². The van der Waals surface area contributed by atoms with Gasteiger partial charge in [-0.3, -0.25) is 25.2 Å². The van der Waals surface area contributed by atoms with Gasteiger partial charge in [0.25, 0.3) is 0 Å². The molecule has 0 aromatic carbocycles. The number of nitrogens with one attached hydrogen (secondary N) is 4. The molecule has 0 aliphatic carbocycles. The summed E-state index contributed by atoms with van der Waals surface area (Å²) < 4.78 is 13.3. The molecular formula is C16H26N6O5S2. The zero-order chi connectivity index (χ0) is 22.6. The SMILES string of the molecule is CC(C(=O)Nc1nc(=S)s[nH]1)N(C(=N)NC(=O)OC(C)(C)C)C(=O)OC(C)(C)C. The summed E-state index contributed by atoms with van der Waals surface area (Å²) >= 11 is 5.92. The van der Waals surface area contributed by atoms with Crippen LogP contribution < -0.4 is 10.6 Å². The van der Waals surface area contributed by atoms with Crippen molar-refractivity contribution in [3.63, 3.8) is 0 Å². The number of amides is 3. The third kappa shape index (κ3) is 8.56. The molecule has 0 saturated heterocycles. The van der Waals surface area contributed by atoms with E-state index < -0.39 is 41.3 Å². The van der Waals surface area contributed by atoms with Gasteiger partial charge in [-0.15, -0.1) is 0 Å². The summed E-state index contributed by atoms with van der Waals surface area (Å²) in [6.07, 6.45) is -1.94. The Morgan fingerprint density at radius 3 is 2.17 bits per heavy atom. The number of H-pyrrole nitrogens is 1. The Labute approximate surface area is 177 Å². The minimum absolute atomic E-state index is 0.104. The molecule has 3 amide bonds. The molecule has 0 bridgehead atoms. The first-order chi connectivity index (χ1) is 13.1. The van der Waals surface area contributed by atoms with Gasteiger partial charge in [0, 0.05) is 0 Å². The van der Waals surface area contributed by atoms with Crippen molar-refractivity contribution in [1.82, 2.24) is 19.6 Å². The Hall–Kier alpha value is -2.54. The number of alkyl carbamates (subject to hydrolysis) is 1. The van der Waals surface area contributed by atoms with Gasteiger partial charge in [0.15, 0.2) is 3.95 Å². The molecule has 0 saturated carbocycles. The molecule has 0 aliphatic rings. The number of aromatic nitrogens is 2. The molecule has 0 aliphatic heterocycles. The van der Waals surface area contributed by atoms with E-state index in [0.717, 1.165) is 11.5 Å². The molecule has 1 rings (SSSR count). The smallest absolute Gasteiger partial charge is 0.417 e. The van der Waals surface area contributed by atoms with E-state index in [1.807, 2.05) is 0 Å². The predicted molar refractivity (Wildman–Crippen MR) is 111 cm³/mol. The Balaban J connectivity index is 3.03. The molecule has 0 fully saturated rings. The van der Waals surface area contributed by atoms with E-state index in [4.69, 9.17) is 27.1 Å². The van der Waals surface area contributed by atoms with Gasteiger partial charge < -0.3 is 9.47 Å². The minimum atomic E-state index is -1.23. The first-order valence-corrected chi connectivity index (χ1v) is 9.78. The number of anilines is 1. The maximum absolute atomic E-state index is 12.6. The van der Waals surface area contributed by atoms with E-state index in [2.05, 4.69) is 20.0 Å². The number of carbonyl (C=O) groups is 3. The topological polar surface area (TPSA) is 150 Å². The van der Waals surface area contributed by atoms with Crippen LogP contribution in [0, 0.1) is 9.36 Å². The lowest BCUT2D eigenvalue weighted by Crippen LogP contribution is -2.55. The summed E-state index contributed by atoms with van der Waals surface area (Å²) in [6.45, 7) is 11.2. The zero-order valence-corrected chi connectivity index (χ0v) is 19.0. The van der Waals surface area contributed by atoms with Crippen LogP contribution in [0.25, 0.3) is 0 Å². The van der Waals surface area contributed by atoms with E-state index in [-0.39, 0.29) is 9.90 Å². The maximum Gasteiger partial charge on any atom is 0.417 e. The zero-order valence-electron chi connectivity index (χ0n) is 17.3. The lowest BCUT2D eigenvalue weighted by Gasteiger charge is -2.31. The molecule has 1 atom stereocenters. The molecular weight excluding hydrogens is 420 g/mol. The van der Waals surface area contributed by atoms with Gasteiger partial charge in [-0.2, -0.15) is 4.98 Å². The molecule has 1 aromatic rings. The molecule has 0 spiro atoms. The van der Waals surface area contributed by atoms with E-state index in [0.29, 0.717) is 4.90 Å². The van der Waals surface area contributed by atoms with E-state index in [9.17, 15) is 14.4 Å². The maximum atomic E-state index is 12.6. The molecule has 162 valence electrons. The Morgan fingerprint density at radius 2 is 1.72 bits per heavy atom. The van der Waals surface area contributed by atoms with Crippen LogP contribution in [0.4, 0.5) is 15.5 Å². The number of rotatable bonds is 3. The predicted octanol–water partition coefficient (Wildman–Crippen LogP) is 3.22. The van der Waals surface area contributed by atoms with Crippen molar-refractivity contribution in [2.75, 3.05) is 5.32 Å². The highest BCUT2D eigenvalue weighted by Crippen LogP contribution is 2.14. The van der Waals surface area contributed by atoms with Crippen molar-refractivity contribution in [2.45, 2.75) is 65.7 Å². The molecule has 13 heteroatoms. The molecule has 1 unspecified atom stereocenters. The average molecular weight is 447 g/mol. The Kier molecular flexibility index (Phi) is 7.86. The third-order valence-electron chi connectivity index (χ3n) is 2.90. The summed E-state index contributed by atoms with van der Waals surface area (Å²) in [5, 5.41) is 12.7. The first-order valence-electron chi connectivity index (χ1n) is 8.56. The second-order valence-corrected chi connectivity index (χ2v) is 9.36. The van der Waals surface area contributed by atoms with Crippen LogP contribution in [-0.4, -0.2) is 55.6 Å². The second kappa shape index (κ2) is 9.31. The summed E-state index contributed by atoms with van der Waals surface area (Å²) in [7, 11) is 0. The number of hydrogen-bond donors (Lipinski definition) is 4. The minimum Gasteiger partial charge on any atom is -0.444 e. The van der Waals surface area contributed by atoms with Gasteiger partial charge >= 0.3 is 12.2 Å². The molecule has 11 nitrogen and oxygen atoms in total. The van der Waals surface area contributed by atoms with Gasteiger partial charge in [-0.25, -0.2) is 14.5 Å². The largest absolute Gasteiger partial charge is 0.444 e. The van der Waals surface area contributed by atoms with E-state index in [1.54, 1.807) is 41.5 Å². The van der Waals surface area contributed by atoms with Gasteiger partial charge in [0.2, 0.25) is 17.8 Å². The third-order valence-corrected chi connectivity index (χ3v) is 3.80. The fourth-order valence-corrected chi connectivity index (χ4v) is 2.47. The molecule has 4 N–H and O–H groups in total. The highest BCUT2D eigenvalue weighted by molar-refractivity contribution is 7.73. The number of hydrogen-bond acceptors (Lipinski definition) is 9. The van der Waals surface area contributed by atoms with Crippen LogP contribution in [0.5, 0.6) is 0 Å². The Morgan fingerprint density at radius 1 is 1.17 bits per heavy atom. The lowest BCUT2D eigenvalue weighted by atomic mass is 10.2. The summed E-state index contributed by atoms with van der Waals surface area (Å²) in [5.74, 6) is -1.25. The monoisotopic (exact) mass is 446 g/mol. The first kappa shape index (κ1) is 24.5. The van der Waals surface area contributed by atoms with Gasteiger partial charge in [0.1, 0.15) is 17.2 Å². The van der Waals surface area contributed by atoms with Crippen LogP contribution in [0.3, 0.4) is 0 Å². The normalized spacial score (nSPS) is 12.5. The number of nitrogens with zero attached hydrogens (tertiary/aromatic N) is 2. The number of ether oxygens (including phenoxy) is 2. The van der Waals surface area contributed by atoms with Crippen molar-refractivity contribution >= 4 is 53.8 Å². The van der Waals surface area contributed by atoms with Crippen LogP contribution in [0.2, 0.25) is 0 Å². The van der Waals surface area contributed by atoms with Crippen LogP contribution in [0.15, 0.2) is 0 Å². The number of guanidine groups is 1. The molecule has 1 heterocycles. The molecule has 1 aromatic heterocycles. The standard InChI is InChI=1S/C16H26N6O5S2/c1-8(9(23)18-11-20-13(28)29-21-11)22(14(25)27-16(5,6)7)10(17)19-12(24)26-15(2,3)4/h8H,1-7H3,(H2,17,19,24)(H2,18,20,21,23,28). The lowest BCUT2D eigenvalue weighted by molar-refractivity contribution is -0.119. The van der Waals surface area contributed by atoms with E-state index >= 15 is 0 Å². The molecule has 0 radical (unpaired) electrons. The highest BCUT2D eigenvalue weighted by Gasteiger charge is 2.34. The Bertz CT molecular complexity index is 836. The van der Waals surface area contributed by atoms with Crippen LogP contribution in [-0.2, 0) is 14.3 Å². The quantitative estimate of drug-likeness (QED) is 0.316. The number of aromatic amines is 1. The summed E-state index contributed by atoms with van der Waals surface area (Å²) in [4.78, 5) is 41.8. The van der Waals surface area contributed by atoms with Crippen LogP contribution >= 0.6 is 23.8 Å². The second-order valence-electron chi connectivity index (χ2n) is 7.92. The summed E-state index contributed by atoms with van der Waals surface area (Å²) in [6, 6.07) is -1.23. The number of carbonyl (C=O) groups excluding carboxylic acids is 3. The fourth-order valence-electron chi connectivity index (χ4n) is 1.84. The molecule has 29 heavy (non-hydrogen) atoms. The van der Waals surface area contributed by atoms with Crippen molar-refractivity contribution in [1.29, 1.82) is 5.41 Å². The fraction of sp³-hybridized carbons (Fsp3) is 0.625. The van der Waals surface area contributed by atoms with Gasteiger partial charge in [0.05, 0.1) is 0 Å². The average Bonchev–Trinajstić information content (AvgIpc) is 2.88. The van der Waals surface area contributed by atoms with Crippen molar-refractivity contribution in [2.24, 2.45) is 0 Å². The summed E-state index contributed by atoms with van der Waals surface area (Å²) in [5.41, 5.74) is -1.70.